The van der Waals surface area contributed by atoms with Crippen molar-refractivity contribution in [3.8, 4) is 11.5 Å². The Balaban J connectivity index is 1.74. The van der Waals surface area contributed by atoms with E-state index in [2.05, 4.69) is 10.6 Å². The van der Waals surface area contributed by atoms with Gasteiger partial charge in [-0.15, -0.1) is 0 Å². The fourth-order valence-corrected chi connectivity index (χ4v) is 4.08. The number of nitrogens with zero attached hydrogens (tertiary/aromatic N) is 1. The summed E-state index contributed by atoms with van der Waals surface area (Å²) in [5.74, 6) is 0.280. The third-order valence-corrected chi connectivity index (χ3v) is 6.37. The fraction of sp³-hybridized carbons (Fsp3) is 0.231. The minimum atomic E-state index is -3.77. The third-order valence-electron chi connectivity index (χ3n) is 5.23. The zero-order valence-electron chi connectivity index (χ0n) is 19.9. The molecule has 3 aromatic carbocycles. The molecule has 3 rings (SSSR count). The first-order valence-electron chi connectivity index (χ1n) is 11.2. The van der Waals surface area contributed by atoms with E-state index in [0.717, 1.165) is 17.0 Å². The van der Waals surface area contributed by atoms with Crippen LogP contribution < -0.4 is 19.7 Å². The zero-order chi connectivity index (χ0) is 25.4. The summed E-state index contributed by atoms with van der Waals surface area (Å²) in [6, 6.07) is 22.2. The number of hydrogen-bond acceptors (Lipinski definition) is 5. The molecule has 8 nitrogen and oxygen atoms in total. The van der Waals surface area contributed by atoms with Crippen LogP contribution in [0, 0.1) is 0 Å². The van der Waals surface area contributed by atoms with Crippen LogP contribution in [0.5, 0.6) is 11.5 Å². The fourth-order valence-electron chi connectivity index (χ4n) is 3.22. The standard InChI is InChI=1S/C26H29N3O5S/c1-4-19(2)27-26(31)23-12-8-9-13-24(23)28-25(30)18-29(35(3,32)33)20-14-16-22(17-15-20)34-21-10-6-5-7-11-21/h5-17,19H,4,18H2,1-3H3,(H,27,31)(H,28,30)/t19-/m0/s1. The van der Waals surface area contributed by atoms with Gasteiger partial charge >= 0.3 is 0 Å². The molecule has 0 aliphatic carbocycles. The van der Waals surface area contributed by atoms with E-state index in [-0.39, 0.29) is 11.9 Å². The lowest BCUT2D eigenvalue weighted by molar-refractivity contribution is -0.114. The van der Waals surface area contributed by atoms with Gasteiger partial charge in [0.05, 0.1) is 23.2 Å². The summed E-state index contributed by atoms with van der Waals surface area (Å²) in [5, 5.41) is 5.53. The molecule has 184 valence electrons. The van der Waals surface area contributed by atoms with Gasteiger partial charge in [-0.2, -0.15) is 0 Å². The maximum Gasteiger partial charge on any atom is 0.253 e. The quantitative estimate of drug-likeness (QED) is 0.433. The van der Waals surface area contributed by atoms with Crippen molar-refractivity contribution in [2.24, 2.45) is 0 Å². The second-order valence-electron chi connectivity index (χ2n) is 8.06. The van der Waals surface area contributed by atoms with E-state index in [4.69, 9.17) is 4.74 Å². The molecule has 0 fully saturated rings. The number of anilines is 2. The molecular weight excluding hydrogens is 466 g/mol. The number of nitrogens with one attached hydrogen (secondary N) is 2. The topological polar surface area (TPSA) is 105 Å². The monoisotopic (exact) mass is 495 g/mol. The van der Waals surface area contributed by atoms with Crippen molar-refractivity contribution in [2.75, 3.05) is 22.4 Å². The van der Waals surface area contributed by atoms with Crippen LogP contribution in [0.2, 0.25) is 0 Å². The van der Waals surface area contributed by atoms with E-state index in [1.165, 1.54) is 0 Å². The predicted molar refractivity (Wildman–Crippen MR) is 137 cm³/mol. The van der Waals surface area contributed by atoms with Gasteiger partial charge in [0.1, 0.15) is 18.0 Å². The summed E-state index contributed by atoms with van der Waals surface area (Å²) in [5.41, 5.74) is 0.915. The van der Waals surface area contributed by atoms with Crippen molar-refractivity contribution in [1.29, 1.82) is 0 Å². The molecule has 2 amide bonds. The number of carbonyl (C=O) groups excluding carboxylic acids is 2. The van der Waals surface area contributed by atoms with Crippen molar-refractivity contribution in [1.82, 2.24) is 5.32 Å². The second kappa shape index (κ2) is 11.5. The van der Waals surface area contributed by atoms with Crippen LogP contribution in [0.25, 0.3) is 0 Å². The molecule has 0 unspecified atom stereocenters. The number of benzene rings is 3. The highest BCUT2D eigenvalue weighted by molar-refractivity contribution is 7.92. The van der Waals surface area contributed by atoms with Crippen LogP contribution in [0.4, 0.5) is 11.4 Å². The summed E-state index contributed by atoms with van der Waals surface area (Å²) in [6.07, 6.45) is 1.79. The van der Waals surface area contributed by atoms with Gasteiger partial charge in [0.15, 0.2) is 0 Å². The number of para-hydroxylation sites is 2. The highest BCUT2D eigenvalue weighted by Crippen LogP contribution is 2.25. The molecule has 3 aromatic rings. The molecule has 0 heterocycles. The molecule has 2 N–H and O–H groups in total. The largest absolute Gasteiger partial charge is 0.457 e. The molecule has 9 heteroatoms. The van der Waals surface area contributed by atoms with Crippen molar-refractivity contribution in [2.45, 2.75) is 26.3 Å². The molecule has 0 saturated heterocycles. The van der Waals surface area contributed by atoms with Gasteiger partial charge in [0, 0.05) is 6.04 Å². The smallest absolute Gasteiger partial charge is 0.253 e. The van der Waals surface area contributed by atoms with Crippen LogP contribution >= 0.6 is 0 Å². The Morgan fingerprint density at radius 2 is 1.51 bits per heavy atom. The molecule has 0 radical (unpaired) electrons. The minimum Gasteiger partial charge on any atom is -0.457 e. The van der Waals surface area contributed by atoms with E-state index in [0.29, 0.717) is 28.4 Å². The van der Waals surface area contributed by atoms with Crippen molar-refractivity contribution >= 4 is 33.2 Å². The van der Waals surface area contributed by atoms with Crippen LogP contribution in [0.1, 0.15) is 30.6 Å². The molecule has 1 atom stereocenters. The molecule has 0 aromatic heterocycles. The summed E-state index contributed by atoms with van der Waals surface area (Å²) in [4.78, 5) is 25.4. The van der Waals surface area contributed by atoms with E-state index in [9.17, 15) is 18.0 Å². The Morgan fingerprint density at radius 3 is 2.14 bits per heavy atom. The van der Waals surface area contributed by atoms with Gasteiger partial charge in [0.2, 0.25) is 15.9 Å². The number of carbonyl (C=O) groups is 2. The number of ether oxygens (including phenoxy) is 1. The Hall–Kier alpha value is -3.85. The SMILES string of the molecule is CC[C@H](C)NC(=O)c1ccccc1NC(=O)CN(c1ccc(Oc2ccccc2)cc1)S(C)(=O)=O. The first-order valence-corrected chi connectivity index (χ1v) is 13.0. The number of hydrogen-bond donors (Lipinski definition) is 2. The van der Waals surface area contributed by atoms with E-state index in [1.54, 1.807) is 48.5 Å². The van der Waals surface area contributed by atoms with Gasteiger partial charge in [-0.05, 0) is 61.9 Å². The highest BCUT2D eigenvalue weighted by atomic mass is 32.2. The zero-order valence-corrected chi connectivity index (χ0v) is 20.7. The molecule has 0 bridgehead atoms. The van der Waals surface area contributed by atoms with Gasteiger partial charge < -0.3 is 15.4 Å². The maximum absolute atomic E-state index is 12.8. The van der Waals surface area contributed by atoms with Crippen LogP contribution in [0.15, 0.2) is 78.9 Å². The summed E-state index contributed by atoms with van der Waals surface area (Å²) in [7, 11) is -3.77. The van der Waals surface area contributed by atoms with Crippen molar-refractivity contribution in [3.05, 3.63) is 84.4 Å². The number of sulfonamides is 1. The Labute approximate surface area is 206 Å². The lowest BCUT2D eigenvalue weighted by Gasteiger charge is -2.22. The highest BCUT2D eigenvalue weighted by Gasteiger charge is 2.22. The summed E-state index contributed by atoms with van der Waals surface area (Å²) in [6.45, 7) is 3.39. The Morgan fingerprint density at radius 1 is 0.914 bits per heavy atom. The molecule has 0 aliphatic rings. The third kappa shape index (κ3) is 7.31. The van der Waals surface area contributed by atoms with Gasteiger partial charge in [-0.25, -0.2) is 8.42 Å². The number of rotatable bonds is 10. The number of amides is 2. The van der Waals surface area contributed by atoms with Crippen LogP contribution in [0.3, 0.4) is 0 Å². The van der Waals surface area contributed by atoms with Crippen molar-refractivity contribution < 1.29 is 22.7 Å². The average Bonchev–Trinajstić information content (AvgIpc) is 2.83. The molecule has 35 heavy (non-hydrogen) atoms. The maximum atomic E-state index is 12.8. The van der Waals surface area contributed by atoms with Gasteiger partial charge in [-0.1, -0.05) is 37.3 Å². The predicted octanol–water partition coefficient (Wildman–Crippen LogP) is 4.41. The Bertz CT molecular complexity index is 1260. The summed E-state index contributed by atoms with van der Waals surface area (Å²) >= 11 is 0. The lowest BCUT2D eigenvalue weighted by Crippen LogP contribution is -2.38. The second-order valence-corrected chi connectivity index (χ2v) is 9.96. The first-order chi connectivity index (χ1) is 16.7. The molecule has 0 saturated carbocycles. The molecule has 0 aliphatic heterocycles. The van der Waals surface area contributed by atoms with E-state index in [1.807, 2.05) is 44.2 Å². The Kier molecular flexibility index (Phi) is 8.48. The summed E-state index contributed by atoms with van der Waals surface area (Å²) < 4.78 is 31.7. The molecular formula is C26H29N3O5S. The van der Waals surface area contributed by atoms with Crippen molar-refractivity contribution in [3.63, 3.8) is 0 Å². The van der Waals surface area contributed by atoms with E-state index < -0.39 is 22.5 Å². The van der Waals surface area contributed by atoms with E-state index >= 15 is 0 Å². The lowest BCUT2D eigenvalue weighted by atomic mass is 10.1. The normalized spacial score (nSPS) is 11.9. The molecule has 0 spiro atoms. The van der Waals surface area contributed by atoms with Gasteiger partial charge in [-0.3, -0.25) is 13.9 Å². The van der Waals surface area contributed by atoms with Gasteiger partial charge in [0.25, 0.3) is 5.91 Å². The first kappa shape index (κ1) is 25.8. The van der Waals surface area contributed by atoms with Crippen LogP contribution in [-0.2, 0) is 14.8 Å². The van der Waals surface area contributed by atoms with Crippen LogP contribution in [-0.4, -0.2) is 39.1 Å². The minimum absolute atomic E-state index is 0.0270. The average molecular weight is 496 g/mol.